The van der Waals surface area contributed by atoms with Crippen LogP contribution in [0.15, 0.2) is 16.6 Å². The number of hydrogen-bond donors (Lipinski definition) is 1. The second-order valence-corrected chi connectivity index (χ2v) is 4.80. The molecule has 1 aromatic rings. The summed E-state index contributed by atoms with van der Waals surface area (Å²) >= 11 is 8.87. The molecular weight excluding hydrogens is 293 g/mol. The Labute approximate surface area is 107 Å². The molecule has 1 N–H and O–H groups in total. The molecule has 1 aliphatic rings. The van der Waals surface area contributed by atoms with Gasteiger partial charge in [0.15, 0.2) is 0 Å². The maximum Gasteiger partial charge on any atom is 0.237 e. The fourth-order valence-electron chi connectivity index (χ4n) is 1.88. The Hall–Kier alpha value is -0.740. The van der Waals surface area contributed by atoms with E-state index in [-0.39, 0.29) is 17.5 Å². The molecular formula is C11H11BrClNO2. The molecule has 0 atom stereocenters. The zero-order valence-corrected chi connectivity index (χ0v) is 10.9. The molecule has 1 heterocycles. The highest BCUT2D eigenvalue weighted by Crippen LogP contribution is 2.33. The molecule has 0 aliphatic carbocycles. The molecule has 0 bridgehead atoms. The lowest BCUT2D eigenvalue weighted by molar-refractivity contribution is -0.129. The van der Waals surface area contributed by atoms with Crippen LogP contribution in [-0.2, 0) is 17.8 Å². The SMILES string of the molecule is O=C(CCl)N1CCc2ccc(O)c(Br)c2C1. The number of amides is 1. The second-order valence-electron chi connectivity index (χ2n) is 3.74. The molecule has 1 amide bonds. The topological polar surface area (TPSA) is 40.5 Å². The highest BCUT2D eigenvalue weighted by atomic mass is 79.9. The Morgan fingerprint density at radius 1 is 1.56 bits per heavy atom. The van der Waals surface area contributed by atoms with E-state index >= 15 is 0 Å². The molecule has 0 aromatic heterocycles. The van der Waals surface area contributed by atoms with E-state index in [1.165, 1.54) is 5.56 Å². The van der Waals surface area contributed by atoms with Gasteiger partial charge in [-0.15, -0.1) is 11.6 Å². The first-order chi connectivity index (χ1) is 7.63. The minimum atomic E-state index is -0.0671. The van der Waals surface area contributed by atoms with Crippen LogP contribution in [-0.4, -0.2) is 28.3 Å². The number of phenolic OH excluding ortho intramolecular Hbond substituents is 1. The van der Waals surface area contributed by atoms with Crippen LogP contribution in [0, 0.1) is 0 Å². The Morgan fingerprint density at radius 3 is 3.00 bits per heavy atom. The van der Waals surface area contributed by atoms with Gasteiger partial charge in [-0.3, -0.25) is 4.79 Å². The predicted molar refractivity (Wildman–Crippen MR) is 65.6 cm³/mol. The number of nitrogens with zero attached hydrogens (tertiary/aromatic N) is 1. The van der Waals surface area contributed by atoms with E-state index in [1.54, 1.807) is 11.0 Å². The number of benzene rings is 1. The molecule has 0 saturated carbocycles. The smallest absolute Gasteiger partial charge is 0.237 e. The van der Waals surface area contributed by atoms with Gasteiger partial charge in [-0.2, -0.15) is 0 Å². The normalized spacial score (nSPS) is 14.8. The molecule has 0 radical (unpaired) electrons. The summed E-state index contributed by atoms with van der Waals surface area (Å²) in [5.41, 5.74) is 2.15. The van der Waals surface area contributed by atoms with Crippen LogP contribution in [0.1, 0.15) is 11.1 Å². The lowest BCUT2D eigenvalue weighted by Gasteiger charge is -2.29. The Morgan fingerprint density at radius 2 is 2.31 bits per heavy atom. The van der Waals surface area contributed by atoms with Gasteiger partial charge in [0.1, 0.15) is 11.6 Å². The first-order valence-electron chi connectivity index (χ1n) is 4.96. The van der Waals surface area contributed by atoms with Crippen LogP contribution in [0.25, 0.3) is 0 Å². The van der Waals surface area contributed by atoms with E-state index in [4.69, 9.17) is 11.6 Å². The molecule has 0 spiro atoms. The summed E-state index contributed by atoms with van der Waals surface area (Å²) in [6, 6.07) is 3.57. The zero-order valence-electron chi connectivity index (χ0n) is 8.54. The van der Waals surface area contributed by atoms with Crippen molar-refractivity contribution < 1.29 is 9.90 Å². The van der Waals surface area contributed by atoms with Gasteiger partial charge in [-0.25, -0.2) is 0 Å². The molecule has 0 saturated heterocycles. The molecule has 0 fully saturated rings. The number of carbonyl (C=O) groups is 1. The fraction of sp³-hybridized carbons (Fsp3) is 0.364. The van der Waals surface area contributed by atoms with Crippen LogP contribution in [0.4, 0.5) is 0 Å². The third kappa shape index (κ3) is 2.04. The number of carbonyl (C=O) groups excluding carboxylic acids is 1. The summed E-state index contributed by atoms with van der Waals surface area (Å²) in [6.45, 7) is 1.20. The summed E-state index contributed by atoms with van der Waals surface area (Å²) in [6.07, 6.45) is 0.802. The summed E-state index contributed by atoms with van der Waals surface area (Å²) < 4.78 is 0.678. The van der Waals surface area contributed by atoms with E-state index in [1.807, 2.05) is 6.07 Å². The van der Waals surface area contributed by atoms with Crippen LogP contribution in [0.3, 0.4) is 0 Å². The van der Waals surface area contributed by atoms with Gasteiger partial charge in [0.05, 0.1) is 4.47 Å². The van der Waals surface area contributed by atoms with Crippen molar-refractivity contribution in [2.45, 2.75) is 13.0 Å². The molecule has 16 heavy (non-hydrogen) atoms. The van der Waals surface area contributed by atoms with Crippen LogP contribution < -0.4 is 0 Å². The van der Waals surface area contributed by atoms with Gasteiger partial charge >= 0.3 is 0 Å². The summed E-state index contributed by atoms with van der Waals surface area (Å²) in [4.78, 5) is 13.2. The number of hydrogen-bond acceptors (Lipinski definition) is 2. The van der Waals surface area contributed by atoms with Crippen LogP contribution in [0.5, 0.6) is 5.75 Å². The van der Waals surface area contributed by atoms with Gasteiger partial charge < -0.3 is 10.0 Å². The zero-order chi connectivity index (χ0) is 11.7. The molecule has 1 aliphatic heterocycles. The van der Waals surface area contributed by atoms with E-state index in [0.29, 0.717) is 17.6 Å². The van der Waals surface area contributed by atoms with Gasteiger partial charge in [-0.05, 0) is 39.5 Å². The average Bonchev–Trinajstić information content (AvgIpc) is 2.32. The van der Waals surface area contributed by atoms with E-state index < -0.39 is 0 Å². The monoisotopic (exact) mass is 303 g/mol. The van der Waals surface area contributed by atoms with Crippen molar-refractivity contribution in [1.82, 2.24) is 4.90 Å². The minimum absolute atomic E-state index is 0.00572. The average molecular weight is 305 g/mol. The largest absolute Gasteiger partial charge is 0.507 e. The Balaban J connectivity index is 2.32. The number of aromatic hydroxyl groups is 1. The number of phenols is 1. The standard InChI is InChI=1S/C11H11BrClNO2/c12-11-8-6-14(10(16)5-13)4-3-7(8)1-2-9(11)15/h1-2,15H,3-6H2. The van der Waals surface area contributed by atoms with Gasteiger partial charge in [-0.1, -0.05) is 6.07 Å². The third-order valence-corrected chi connectivity index (χ3v) is 3.90. The number of halogens is 2. The van der Waals surface area contributed by atoms with E-state index in [9.17, 15) is 9.90 Å². The predicted octanol–water partition coefficient (Wildman–Crippen LogP) is 2.28. The molecule has 0 unspecified atom stereocenters. The highest BCUT2D eigenvalue weighted by Gasteiger charge is 2.22. The van der Waals surface area contributed by atoms with E-state index in [2.05, 4.69) is 15.9 Å². The molecule has 1 aromatic carbocycles. The number of fused-ring (bicyclic) bond motifs is 1. The van der Waals surface area contributed by atoms with E-state index in [0.717, 1.165) is 12.0 Å². The fourth-order valence-corrected chi connectivity index (χ4v) is 2.56. The van der Waals surface area contributed by atoms with Gasteiger partial charge in [0.2, 0.25) is 5.91 Å². The van der Waals surface area contributed by atoms with Crippen molar-refractivity contribution in [3.05, 3.63) is 27.7 Å². The molecule has 86 valence electrons. The first kappa shape index (κ1) is 11.7. The Bertz CT molecular complexity index is 436. The minimum Gasteiger partial charge on any atom is -0.507 e. The second kappa shape index (κ2) is 4.63. The quantitative estimate of drug-likeness (QED) is 0.809. The molecule has 3 nitrogen and oxygen atoms in total. The van der Waals surface area contributed by atoms with Crippen LogP contribution >= 0.6 is 27.5 Å². The van der Waals surface area contributed by atoms with Crippen molar-refractivity contribution in [1.29, 1.82) is 0 Å². The summed E-state index contributed by atoms with van der Waals surface area (Å²) in [5, 5.41) is 9.58. The van der Waals surface area contributed by atoms with Crippen molar-refractivity contribution in [3.63, 3.8) is 0 Å². The number of alkyl halides is 1. The van der Waals surface area contributed by atoms with Crippen molar-refractivity contribution in [2.75, 3.05) is 12.4 Å². The van der Waals surface area contributed by atoms with Crippen LogP contribution in [0.2, 0.25) is 0 Å². The molecule has 5 heteroatoms. The van der Waals surface area contributed by atoms with Crippen molar-refractivity contribution in [2.24, 2.45) is 0 Å². The number of rotatable bonds is 1. The Kier molecular flexibility index (Phi) is 3.40. The third-order valence-electron chi connectivity index (χ3n) is 2.79. The van der Waals surface area contributed by atoms with Crippen molar-refractivity contribution in [3.8, 4) is 5.75 Å². The van der Waals surface area contributed by atoms with Gasteiger partial charge in [0, 0.05) is 13.1 Å². The summed E-state index contributed by atoms with van der Waals surface area (Å²) in [7, 11) is 0. The lowest BCUT2D eigenvalue weighted by atomic mass is 9.99. The lowest BCUT2D eigenvalue weighted by Crippen LogP contribution is -2.36. The summed E-state index contributed by atoms with van der Waals surface area (Å²) in [5.74, 6) is 0.146. The highest BCUT2D eigenvalue weighted by molar-refractivity contribution is 9.10. The van der Waals surface area contributed by atoms with Crippen molar-refractivity contribution >= 4 is 33.4 Å². The van der Waals surface area contributed by atoms with Gasteiger partial charge in [0.25, 0.3) is 0 Å². The maximum absolute atomic E-state index is 11.5. The maximum atomic E-state index is 11.5. The first-order valence-corrected chi connectivity index (χ1v) is 6.29. The molecule has 2 rings (SSSR count).